The number of ketones is 1. The molecule has 6 saturated carbocycles. The molecule has 6 rings (SSSR count). The van der Waals surface area contributed by atoms with Crippen LogP contribution in [0.1, 0.15) is 19.8 Å². The van der Waals surface area contributed by atoms with E-state index in [2.05, 4.69) is 0 Å². The molecular weight excluding hydrogens is 204 g/mol. The van der Waals surface area contributed by atoms with Crippen LogP contribution in [0.25, 0.3) is 0 Å². The Morgan fingerprint density at radius 3 is 2.94 bits per heavy atom. The minimum Gasteiger partial charge on any atom is -0.458 e. The van der Waals surface area contributed by atoms with Gasteiger partial charge in [0.1, 0.15) is 11.4 Å². The molecule has 0 N–H and O–H groups in total. The summed E-state index contributed by atoms with van der Waals surface area (Å²) in [6.45, 7) is 1.49. The van der Waals surface area contributed by atoms with Crippen LogP contribution in [0.15, 0.2) is 0 Å². The zero-order chi connectivity index (χ0) is 10.8. The molecule has 0 aromatic carbocycles. The predicted molar refractivity (Wildman–Crippen MR) is 53.2 cm³/mol. The highest BCUT2D eigenvalue weighted by atomic mass is 16.6. The van der Waals surface area contributed by atoms with E-state index in [9.17, 15) is 9.59 Å². The number of hydrogen-bond acceptors (Lipinski definition) is 3. The number of hydrogen-bond donors (Lipinski definition) is 0. The van der Waals surface area contributed by atoms with Gasteiger partial charge in [0.2, 0.25) is 0 Å². The van der Waals surface area contributed by atoms with Crippen LogP contribution < -0.4 is 0 Å². The lowest BCUT2D eigenvalue weighted by Gasteiger charge is -2.40. The maximum absolute atomic E-state index is 12.3. The number of esters is 1. The van der Waals surface area contributed by atoms with Crippen LogP contribution in [0.4, 0.5) is 0 Å². The molecule has 6 fully saturated rings. The molecule has 6 bridgehead atoms. The van der Waals surface area contributed by atoms with Crippen LogP contribution in [0.3, 0.4) is 0 Å². The van der Waals surface area contributed by atoms with E-state index in [0.717, 1.165) is 6.42 Å². The maximum atomic E-state index is 12.3. The molecule has 16 heavy (non-hydrogen) atoms. The van der Waals surface area contributed by atoms with Gasteiger partial charge in [-0.2, -0.15) is 0 Å². The van der Waals surface area contributed by atoms with E-state index in [-0.39, 0.29) is 23.4 Å². The Morgan fingerprint density at radius 1 is 1.38 bits per heavy atom. The van der Waals surface area contributed by atoms with Gasteiger partial charge in [-0.15, -0.1) is 0 Å². The van der Waals surface area contributed by atoms with Crippen molar-refractivity contribution >= 4 is 11.8 Å². The first-order valence-electron chi connectivity index (χ1n) is 6.38. The van der Waals surface area contributed by atoms with Crippen LogP contribution in [0.5, 0.6) is 0 Å². The Kier molecular flexibility index (Phi) is 1.02. The fourth-order valence-corrected chi connectivity index (χ4v) is 6.66. The van der Waals surface area contributed by atoms with E-state index < -0.39 is 0 Å². The number of Topliss-reactive ketones (excluding diaryl/α,β-unsaturated/α-hetero) is 1. The van der Waals surface area contributed by atoms with E-state index in [0.29, 0.717) is 35.4 Å². The van der Waals surface area contributed by atoms with Gasteiger partial charge in [0.25, 0.3) is 0 Å². The van der Waals surface area contributed by atoms with Crippen molar-refractivity contribution in [2.45, 2.75) is 25.4 Å². The van der Waals surface area contributed by atoms with Gasteiger partial charge in [-0.3, -0.25) is 9.59 Å². The minimum absolute atomic E-state index is 0.0974. The van der Waals surface area contributed by atoms with Crippen LogP contribution in [-0.4, -0.2) is 17.4 Å². The topological polar surface area (TPSA) is 43.4 Å². The summed E-state index contributed by atoms with van der Waals surface area (Å²) in [5.74, 6) is 3.72. The fraction of sp³-hybridized carbons (Fsp3) is 0.846. The Labute approximate surface area is 93.5 Å². The van der Waals surface area contributed by atoms with Gasteiger partial charge in [0.15, 0.2) is 0 Å². The molecule has 0 saturated heterocycles. The molecule has 84 valence electrons. The van der Waals surface area contributed by atoms with Gasteiger partial charge < -0.3 is 4.74 Å². The normalized spacial score (nSPS) is 66.6. The molecule has 0 unspecified atom stereocenters. The summed E-state index contributed by atoms with van der Waals surface area (Å²) in [7, 11) is 0. The second-order valence-corrected chi connectivity index (χ2v) is 6.49. The molecule has 0 spiro atoms. The van der Waals surface area contributed by atoms with Gasteiger partial charge in [-0.1, -0.05) is 0 Å². The first-order valence-corrected chi connectivity index (χ1v) is 6.38. The lowest BCUT2D eigenvalue weighted by atomic mass is 9.69. The highest BCUT2D eigenvalue weighted by Gasteiger charge is 2.88. The van der Waals surface area contributed by atoms with Crippen LogP contribution >= 0.6 is 0 Å². The first-order chi connectivity index (χ1) is 7.65. The van der Waals surface area contributed by atoms with Crippen LogP contribution in [0, 0.1) is 41.4 Å². The molecule has 0 aromatic heterocycles. The van der Waals surface area contributed by atoms with Crippen molar-refractivity contribution in [2.75, 3.05) is 0 Å². The van der Waals surface area contributed by atoms with E-state index >= 15 is 0 Å². The lowest BCUT2D eigenvalue weighted by Crippen LogP contribution is -2.46. The van der Waals surface area contributed by atoms with E-state index in [1.54, 1.807) is 0 Å². The van der Waals surface area contributed by atoms with Gasteiger partial charge in [-0.25, -0.2) is 0 Å². The Hall–Kier alpha value is -0.860. The predicted octanol–water partition coefficient (Wildman–Crippen LogP) is 1.02. The SMILES string of the molecule is CC(=O)O[C@@]12C[C@H]3[C@H]4C[C@H]5[C@@H](C(=O)[C@H]1[C@H]35)[C@H]42. The molecule has 3 heteroatoms. The van der Waals surface area contributed by atoms with Crippen molar-refractivity contribution in [3.63, 3.8) is 0 Å². The van der Waals surface area contributed by atoms with Crippen LogP contribution in [0.2, 0.25) is 0 Å². The summed E-state index contributed by atoms with van der Waals surface area (Å²) in [5.41, 5.74) is -0.333. The standard InChI is InChI=1S/C13H14O3/c1-4(14)16-13-3-7-5-2-6-8(7)11(13)12(15)9(6)10(5)13/h5-11H,2-3H2,1H3/t5-,6-,7+,8+,9-,10+,11-,13-/m1/s1. The zero-order valence-corrected chi connectivity index (χ0v) is 9.18. The molecule has 0 aliphatic heterocycles. The second kappa shape index (κ2) is 1.98. The van der Waals surface area contributed by atoms with Crippen molar-refractivity contribution in [1.29, 1.82) is 0 Å². The van der Waals surface area contributed by atoms with Gasteiger partial charge in [0.05, 0.1) is 5.92 Å². The number of ether oxygens (including phenoxy) is 1. The third-order valence-corrected chi connectivity index (χ3v) is 6.39. The van der Waals surface area contributed by atoms with E-state index in [4.69, 9.17) is 4.74 Å². The smallest absolute Gasteiger partial charge is 0.303 e. The number of carbonyl (C=O) groups excluding carboxylic acids is 2. The average molecular weight is 218 g/mol. The maximum Gasteiger partial charge on any atom is 0.303 e. The second-order valence-electron chi connectivity index (χ2n) is 6.49. The van der Waals surface area contributed by atoms with Crippen molar-refractivity contribution in [1.82, 2.24) is 0 Å². The molecule has 0 amide bonds. The fourth-order valence-electron chi connectivity index (χ4n) is 6.66. The van der Waals surface area contributed by atoms with E-state index in [1.807, 2.05) is 0 Å². The summed E-state index contributed by atoms with van der Waals surface area (Å²) in [6, 6.07) is 0. The Balaban J connectivity index is 1.74. The summed E-state index contributed by atoms with van der Waals surface area (Å²) in [5, 5.41) is 0. The van der Waals surface area contributed by atoms with Crippen molar-refractivity contribution in [3.8, 4) is 0 Å². The molecular formula is C13H14O3. The van der Waals surface area contributed by atoms with Crippen molar-refractivity contribution < 1.29 is 14.3 Å². The monoisotopic (exact) mass is 218 g/mol. The van der Waals surface area contributed by atoms with E-state index in [1.165, 1.54) is 13.3 Å². The lowest BCUT2D eigenvalue weighted by molar-refractivity contribution is -0.168. The minimum atomic E-state index is -0.333. The van der Waals surface area contributed by atoms with Gasteiger partial charge in [0, 0.05) is 18.8 Å². The third kappa shape index (κ3) is 0.518. The number of carbonyl (C=O) groups is 2. The average Bonchev–Trinajstić information content (AvgIpc) is 2.84. The zero-order valence-electron chi connectivity index (χ0n) is 9.18. The molecule has 8 atom stereocenters. The first kappa shape index (κ1) is 8.26. The largest absolute Gasteiger partial charge is 0.458 e. The van der Waals surface area contributed by atoms with Gasteiger partial charge >= 0.3 is 5.97 Å². The van der Waals surface area contributed by atoms with Crippen LogP contribution in [-0.2, 0) is 14.3 Å². The molecule has 6 aliphatic rings. The number of rotatable bonds is 1. The van der Waals surface area contributed by atoms with Gasteiger partial charge in [-0.05, 0) is 36.5 Å². The van der Waals surface area contributed by atoms with Crippen molar-refractivity contribution in [3.05, 3.63) is 0 Å². The molecule has 3 nitrogen and oxygen atoms in total. The summed E-state index contributed by atoms with van der Waals surface area (Å²) in [6.07, 6.45) is 2.24. The Bertz CT molecular complexity index is 456. The Morgan fingerprint density at radius 2 is 2.19 bits per heavy atom. The summed E-state index contributed by atoms with van der Waals surface area (Å²) < 4.78 is 5.69. The molecule has 0 radical (unpaired) electrons. The highest BCUT2D eigenvalue weighted by molar-refractivity contribution is 5.94. The molecule has 6 aliphatic carbocycles. The summed E-state index contributed by atoms with van der Waals surface area (Å²) in [4.78, 5) is 23.6. The molecule has 0 heterocycles. The van der Waals surface area contributed by atoms with Crippen molar-refractivity contribution in [2.24, 2.45) is 41.4 Å². The highest BCUT2D eigenvalue weighted by Crippen LogP contribution is 2.83. The third-order valence-electron chi connectivity index (χ3n) is 6.39. The quantitative estimate of drug-likeness (QED) is 0.617. The molecule has 0 aromatic rings. The summed E-state index contributed by atoms with van der Waals surface area (Å²) >= 11 is 0.